The van der Waals surface area contributed by atoms with Gasteiger partial charge < -0.3 is 14.4 Å². The number of benzene rings is 2. The molecule has 1 aliphatic rings. The quantitative estimate of drug-likeness (QED) is 0.401. The van der Waals surface area contributed by atoms with Gasteiger partial charge in [0.05, 0.1) is 21.3 Å². The van der Waals surface area contributed by atoms with E-state index in [4.69, 9.17) is 32.7 Å². The first-order valence-electron chi connectivity index (χ1n) is 10.8. The summed E-state index contributed by atoms with van der Waals surface area (Å²) in [7, 11) is 1.78. The molecule has 0 N–H and O–H groups in total. The average Bonchev–Trinajstić information content (AvgIpc) is 3.53. The van der Waals surface area contributed by atoms with Gasteiger partial charge in [0.25, 0.3) is 0 Å². The Morgan fingerprint density at radius 3 is 2.30 bits per heavy atom. The van der Waals surface area contributed by atoms with Crippen LogP contribution in [0.1, 0.15) is 39.3 Å². The number of amides is 1. The van der Waals surface area contributed by atoms with Gasteiger partial charge in [-0.25, -0.2) is 9.36 Å². The molecule has 1 saturated carbocycles. The highest BCUT2D eigenvalue weighted by atomic mass is 35.5. The van der Waals surface area contributed by atoms with Crippen molar-refractivity contribution in [1.29, 1.82) is 0 Å². The van der Waals surface area contributed by atoms with Crippen LogP contribution in [0.4, 0.5) is 10.5 Å². The van der Waals surface area contributed by atoms with E-state index >= 15 is 0 Å². The average molecular weight is 489 g/mol. The van der Waals surface area contributed by atoms with Gasteiger partial charge in [-0.15, -0.1) is 0 Å². The van der Waals surface area contributed by atoms with Gasteiger partial charge >= 0.3 is 6.09 Å². The molecule has 0 unspecified atom stereocenters. The molecule has 2 aromatic carbocycles. The van der Waals surface area contributed by atoms with Gasteiger partial charge in [-0.3, -0.25) is 4.79 Å². The number of nitrogens with zero attached hydrogens (tertiary/aromatic N) is 2. The fourth-order valence-electron chi connectivity index (χ4n) is 3.54. The molecule has 1 heterocycles. The van der Waals surface area contributed by atoms with E-state index in [0.29, 0.717) is 27.0 Å². The predicted molar refractivity (Wildman–Crippen MR) is 130 cm³/mol. The number of halogens is 2. The molecule has 0 bridgehead atoms. The van der Waals surface area contributed by atoms with Crippen LogP contribution in [-0.4, -0.2) is 29.2 Å². The summed E-state index contributed by atoms with van der Waals surface area (Å²) in [4.78, 5) is 26.9. The maximum Gasteiger partial charge on any atom is 0.419 e. The third kappa shape index (κ3) is 5.28. The van der Waals surface area contributed by atoms with Crippen LogP contribution in [-0.2, 0) is 16.1 Å². The smallest absolute Gasteiger partial charge is 0.419 e. The lowest BCUT2D eigenvalue weighted by Crippen LogP contribution is -2.28. The number of anilines is 1. The third-order valence-electron chi connectivity index (χ3n) is 5.36. The SMILES string of the molecule is CN(C(=O)C1CC1)c1ccc(OCc2cc3cc(Cl)c(Cl)cc3n2C(=O)OC(C)(C)C)cc1. The number of rotatable bonds is 5. The van der Waals surface area contributed by atoms with Crippen molar-refractivity contribution in [2.45, 2.75) is 45.8 Å². The number of hydrogen-bond donors (Lipinski definition) is 0. The monoisotopic (exact) mass is 488 g/mol. The summed E-state index contributed by atoms with van der Waals surface area (Å²) < 4.78 is 13.0. The van der Waals surface area contributed by atoms with Crippen LogP contribution in [0.3, 0.4) is 0 Å². The molecule has 33 heavy (non-hydrogen) atoms. The van der Waals surface area contributed by atoms with Crippen LogP contribution in [0.15, 0.2) is 42.5 Å². The van der Waals surface area contributed by atoms with E-state index in [1.807, 2.05) is 39.0 Å². The van der Waals surface area contributed by atoms with Crippen molar-refractivity contribution in [3.63, 3.8) is 0 Å². The molecule has 6 nitrogen and oxygen atoms in total. The molecule has 0 atom stereocenters. The van der Waals surface area contributed by atoms with Crippen molar-refractivity contribution in [2.75, 3.05) is 11.9 Å². The Labute approximate surface area is 203 Å². The van der Waals surface area contributed by atoms with Gasteiger partial charge in [-0.05, 0) is 76.1 Å². The zero-order chi connectivity index (χ0) is 23.9. The summed E-state index contributed by atoms with van der Waals surface area (Å²) >= 11 is 12.4. The molecular weight excluding hydrogens is 463 g/mol. The lowest BCUT2D eigenvalue weighted by Gasteiger charge is -2.21. The number of ether oxygens (including phenoxy) is 2. The second-order valence-corrected chi connectivity index (χ2v) is 10.0. The Kier molecular flexibility index (Phi) is 6.34. The Bertz CT molecular complexity index is 1210. The molecule has 3 aromatic rings. The summed E-state index contributed by atoms with van der Waals surface area (Å²) in [5.41, 5.74) is 1.34. The first kappa shape index (κ1) is 23.5. The molecule has 8 heteroatoms. The van der Waals surface area contributed by atoms with E-state index in [9.17, 15) is 9.59 Å². The van der Waals surface area contributed by atoms with E-state index in [-0.39, 0.29) is 18.4 Å². The molecule has 0 radical (unpaired) electrons. The van der Waals surface area contributed by atoms with Gasteiger partial charge in [-0.1, -0.05) is 23.2 Å². The number of carbonyl (C=O) groups excluding carboxylic acids is 2. The Hall–Kier alpha value is -2.70. The van der Waals surface area contributed by atoms with E-state index in [0.717, 1.165) is 23.9 Å². The van der Waals surface area contributed by atoms with Crippen molar-refractivity contribution >= 4 is 51.8 Å². The van der Waals surface area contributed by atoms with Crippen LogP contribution in [0.25, 0.3) is 10.9 Å². The first-order chi connectivity index (χ1) is 15.5. The Morgan fingerprint density at radius 2 is 1.70 bits per heavy atom. The molecule has 0 aliphatic heterocycles. The van der Waals surface area contributed by atoms with E-state index < -0.39 is 11.7 Å². The molecule has 0 saturated heterocycles. The number of hydrogen-bond acceptors (Lipinski definition) is 4. The zero-order valence-corrected chi connectivity index (χ0v) is 20.5. The molecule has 1 fully saturated rings. The van der Waals surface area contributed by atoms with Crippen LogP contribution in [0.5, 0.6) is 5.75 Å². The topological polar surface area (TPSA) is 60.8 Å². The van der Waals surface area contributed by atoms with Gasteiger partial charge in [-0.2, -0.15) is 0 Å². The lowest BCUT2D eigenvalue weighted by molar-refractivity contribution is -0.119. The van der Waals surface area contributed by atoms with Gasteiger partial charge in [0.15, 0.2) is 0 Å². The highest BCUT2D eigenvalue weighted by molar-refractivity contribution is 6.42. The summed E-state index contributed by atoms with van der Waals surface area (Å²) in [6, 6.07) is 12.5. The molecule has 4 rings (SSSR count). The summed E-state index contributed by atoms with van der Waals surface area (Å²) in [6.45, 7) is 5.55. The normalized spacial score (nSPS) is 13.8. The van der Waals surface area contributed by atoms with Crippen molar-refractivity contribution in [3.8, 4) is 5.75 Å². The second-order valence-electron chi connectivity index (χ2n) is 9.23. The highest BCUT2D eigenvalue weighted by Gasteiger charge is 2.32. The summed E-state index contributed by atoms with van der Waals surface area (Å²) in [5.74, 6) is 0.911. The predicted octanol–water partition coefficient (Wildman–Crippen LogP) is 6.68. The molecule has 1 aliphatic carbocycles. The minimum absolute atomic E-state index is 0.124. The van der Waals surface area contributed by atoms with Crippen molar-refractivity contribution < 1.29 is 19.1 Å². The lowest BCUT2D eigenvalue weighted by atomic mass is 10.2. The fraction of sp³-hybridized carbons (Fsp3) is 0.360. The fourth-order valence-corrected chi connectivity index (χ4v) is 3.87. The minimum atomic E-state index is -0.665. The van der Waals surface area contributed by atoms with Crippen molar-refractivity contribution in [3.05, 3.63) is 58.2 Å². The standard InChI is InChI=1S/C25H26Cl2N2O4/c1-25(2,3)33-24(31)29-18(11-16-12-20(26)21(27)13-22(16)29)14-32-19-9-7-17(8-10-19)28(4)23(30)15-5-6-15/h7-13,15H,5-6,14H2,1-4H3. The van der Waals surface area contributed by atoms with E-state index in [1.54, 1.807) is 36.2 Å². The zero-order valence-electron chi connectivity index (χ0n) is 19.0. The largest absolute Gasteiger partial charge is 0.487 e. The van der Waals surface area contributed by atoms with Crippen LogP contribution in [0.2, 0.25) is 10.0 Å². The number of fused-ring (bicyclic) bond motifs is 1. The van der Waals surface area contributed by atoms with Gasteiger partial charge in [0.1, 0.15) is 18.0 Å². The summed E-state index contributed by atoms with van der Waals surface area (Å²) in [5, 5.41) is 1.50. The van der Waals surface area contributed by atoms with Crippen LogP contribution >= 0.6 is 23.2 Å². The van der Waals surface area contributed by atoms with Gasteiger partial charge in [0.2, 0.25) is 5.91 Å². The molecule has 0 spiro atoms. The molecule has 1 aromatic heterocycles. The Morgan fingerprint density at radius 1 is 1.06 bits per heavy atom. The molecule has 1 amide bonds. The van der Waals surface area contributed by atoms with Crippen molar-refractivity contribution in [2.24, 2.45) is 5.92 Å². The van der Waals surface area contributed by atoms with Crippen LogP contribution < -0.4 is 9.64 Å². The second kappa shape index (κ2) is 8.92. The summed E-state index contributed by atoms with van der Waals surface area (Å²) in [6.07, 6.45) is 1.41. The molecule has 174 valence electrons. The van der Waals surface area contributed by atoms with Crippen LogP contribution in [0, 0.1) is 5.92 Å². The first-order valence-corrected chi connectivity index (χ1v) is 11.5. The maximum absolute atomic E-state index is 13.0. The number of aromatic nitrogens is 1. The minimum Gasteiger partial charge on any atom is -0.487 e. The number of carbonyl (C=O) groups is 2. The molecular formula is C25H26Cl2N2O4. The maximum atomic E-state index is 13.0. The Balaban J connectivity index is 1.57. The van der Waals surface area contributed by atoms with Gasteiger partial charge in [0, 0.05) is 24.0 Å². The highest BCUT2D eigenvalue weighted by Crippen LogP contribution is 2.33. The third-order valence-corrected chi connectivity index (χ3v) is 6.09. The van der Waals surface area contributed by atoms with E-state index in [2.05, 4.69) is 0 Å². The van der Waals surface area contributed by atoms with E-state index in [1.165, 1.54) is 4.57 Å². The van der Waals surface area contributed by atoms with Crippen molar-refractivity contribution in [1.82, 2.24) is 4.57 Å².